The molecule has 0 spiro atoms. The van der Waals surface area contributed by atoms with E-state index in [-0.39, 0.29) is 15.4 Å². The molecule has 4 N–H and O–H groups in total. The molecule has 1 atom stereocenters. The summed E-state index contributed by atoms with van der Waals surface area (Å²) in [6, 6.07) is 3.76. The number of nitrogens with zero attached hydrogens (tertiary/aromatic N) is 3. The molecular weight excluding hydrogens is 593 g/mol. The minimum absolute atomic E-state index is 0.0368. The van der Waals surface area contributed by atoms with Crippen molar-refractivity contribution >= 4 is 47.9 Å². The summed E-state index contributed by atoms with van der Waals surface area (Å²) >= 11 is 0.866. The molecule has 1 aromatic rings. The molecule has 4 rings (SSSR count). The number of nitrogens with one attached hydrogen (secondary N) is 2. The van der Waals surface area contributed by atoms with Crippen LogP contribution in [0.3, 0.4) is 0 Å². The standard InChI is InChI=1S/C27H37F2N6O2.In/c1-31-15-19(14-30)22-12-18-4-3-8-34(25(18)13-23(22)26(28)29)16-20-17-35(27(36)32-2)9-5-24(20)33-21-6-10-37-11-7-21;/h12-16,21,26,33H,3-11,17,30H2,1-2H3,(H,32,36);/b19-14+,31-15?;. The quantitative estimate of drug-likeness (QED) is 0.403. The SMILES string of the molecule is CN=C/C(=C\N)c1cc2c(cc1C(F)F)N([CH]([In])C1=C(NC3CCOCC3)CCN(C(=O)NC)C1)CCC2. The molecule has 0 aliphatic carbocycles. The summed E-state index contributed by atoms with van der Waals surface area (Å²) in [6.07, 6.45) is 4.61. The number of hydrogen-bond donors (Lipinski definition) is 3. The van der Waals surface area contributed by atoms with E-state index in [0.717, 1.165) is 87.5 Å². The van der Waals surface area contributed by atoms with E-state index in [1.54, 1.807) is 20.2 Å². The number of benzene rings is 1. The molecule has 3 aliphatic heterocycles. The number of ether oxygens (including phenoxy) is 1. The maximum absolute atomic E-state index is 14.3. The van der Waals surface area contributed by atoms with Gasteiger partial charge in [-0.25, -0.2) is 0 Å². The third-order valence-corrected chi connectivity index (χ3v) is 9.75. The first kappa shape index (κ1) is 28.7. The average Bonchev–Trinajstić information content (AvgIpc) is 2.94. The fourth-order valence-corrected chi connectivity index (χ4v) is 7.33. The Morgan fingerprint density at radius 2 is 2.03 bits per heavy atom. The Kier molecular flexibility index (Phi) is 9.97. The fraction of sp³-hybridized carbons (Fsp3) is 0.556. The number of aryl methyl sites for hydroxylation is 1. The summed E-state index contributed by atoms with van der Waals surface area (Å²) in [5.74, 6) is 0. The van der Waals surface area contributed by atoms with Crippen molar-refractivity contribution in [3.05, 3.63) is 46.3 Å². The second kappa shape index (κ2) is 13.2. The van der Waals surface area contributed by atoms with Crippen LogP contribution in [0.4, 0.5) is 19.3 Å². The van der Waals surface area contributed by atoms with E-state index in [9.17, 15) is 13.6 Å². The molecule has 0 saturated carbocycles. The predicted molar refractivity (Wildman–Crippen MR) is 148 cm³/mol. The van der Waals surface area contributed by atoms with Crippen LogP contribution in [0.15, 0.2) is 34.6 Å². The monoisotopic (exact) mass is 630 g/mol. The van der Waals surface area contributed by atoms with Crippen molar-refractivity contribution < 1.29 is 18.3 Å². The summed E-state index contributed by atoms with van der Waals surface area (Å²) in [6.45, 7) is 3.44. The van der Waals surface area contributed by atoms with Gasteiger partial charge in [0.05, 0.1) is 0 Å². The number of carbonyl (C=O) groups is 1. The zero-order chi connectivity index (χ0) is 27.2. The maximum atomic E-state index is 14.3. The average molecular weight is 630 g/mol. The van der Waals surface area contributed by atoms with E-state index in [1.165, 1.54) is 23.7 Å². The van der Waals surface area contributed by atoms with E-state index in [2.05, 4.69) is 20.5 Å². The minimum atomic E-state index is -2.64. The normalized spacial score (nSPS) is 20.2. The van der Waals surface area contributed by atoms with Gasteiger partial charge in [-0.05, 0) is 0 Å². The number of carbonyl (C=O) groups excluding carboxylic acids is 1. The molecule has 1 fully saturated rings. The van der Waals surface area contributed by atoms with Crippen LogP contribution in [0.5, 0.6) is 0 Å². The first-order valence-electron chi connectivity index (χ1n) is 13.2. The second-order valence-electron chi connectivity index (χ2n) is 9.88. The number of fused-ring (bicyclic) bond motifs is 1. The number of halogens is 2. The molecule has 0 bridgehead atoms. The van der Waals surface area contributed by atoms with Crippen molar-refractivity contribution in [1.82, 2.24) is 15.5 Å². The van der Waals surface area contributed by atoms with Gasteiger partial charge >= 0.3 is 239 Å². The number of allylic oxidation sites excluding steroid dienone is 1. The first-order valence-corrected chi connectivity index (χ1v) is 15.1. The van der Waals surface area contributed by atoms with Gasteiger partial charge in [0.2, 0.25) is 0 Å². The Balaban J connectivity index is 1.72. The number of hydrogen-bond acceptors (Lipinski definition) is 6. The molecule has 3 heterocycles. The molecule has 2 radical (unpaired) electrons. The Morgan fingerprint density at radius 3 is 2.68 bits per heavy atom. The topological polar surface area (TPSA) is 95.2 Å². The van der Waals surface area contributed by atoms with Crippen molar-refractivity contribution in [2.24, 2.45) is 10.7 Å². The third kappa shape index (κ3) is 6.30. The van der Waals surface area contributed by atoms with Crippen LogP contribution >= 0.6 is 0 Å². The zero-order valence-corrected chi connectivity index (χ0v) is 25.5. The van der Waals surface area contributed by atoms with Gasteiger partial charge in [-0.15, -0.1) is 0 Å². The van der Waals surface area contributed by atoms with Gasteiger partial charge < -0.3 is 0 Å². The van der Waals surface area contributed by atoms with Crippen LogP contribution in [0.2, 0.25) is 0 Å². The van der Waals surface area contributed by atoms with Crippen LogP contribution in [0.25, 0.3) is 5.57 Å². The number of aliphatic imine (C=N–C) groups is 1. The molecule has 2 amide bonds. The molecule has 11 heteroatoms. The molecular formula is C27H37F2InN6O2. The van der Waals surface area contributed by atoms with Gasteiger partial charge in [0.15, 0.2) is 0 Å². The molecule has 8 nitrogen and oxygen atoms in total. The van der Waals surface area contributed by atoms with Gasteiger partial charge in [0.25, 0.3) is 0 Å². The third-order valence-electron chi connectivity index (χ3n) is 7.57. The Hall–Kier alpha value is -2.27. The summed E-state index contributed by atoms with van der Waals surface area (Å²) in [5.41, 5.74) is 10.9. The van der Waals surface area contributed by atoms with Crippen LogP contribution < -0.4 is 21.3 Å². The molecule has 3 aliphatic rings. The number of urea groups is 1. The number of anilines is 1. The van der Waals surface area contributed by atoms with Gasteiger partial charge in [-0.3, -0.25) is 0 Å². The Bertz CT molecular complexity index is 1100. The van der Waals surface area contributed by atoms with E-state index in [4.69, 9.17) is 10.5 Å². The van der Waals surface area contributed by atoms with E-state index in [1.807, 2.05) is 11.0 Å². The van der Waals surface area contributed by atoms with E-state index < -0.39 is 6.43 Å². The van der Waals surface area contributed by atoms with Crippen molar-refractivity contribution in [2.75, 3.05) is 51.8 Å². The van der Waals surface area contributed by atoms with Gasteiger partial charge in [-0.2, -0.15) is 0 Å². The molecule has 1 unspecified atom stereocenters. The van der Waals surface area contributed by atoms with Crippen LogP contribution in [0, 0.1) is 0 Å². The molecule has 1 aromatic carbocycles. The summed E-state index contributed by atoms with van der Waals surface area (Å²) in [7, 11) is 3.25. The Labute approximate surface area is 238 Å². The summed E-state index contributed by atoms with van der Waals surface area (Å²) < 4.78 is 34.2. The van der Waals surface area contributed by atoms with Crippen molar-refractivity contribution in [3.63, 3.8) is 0 Å². The number of rotatable bonds is 7. The molecule has 0 aromatic heterocycles. The van der Waals surface area contributed by atoms with E-state index in [0.29, 0.717) is 30.3 Å². The molecule has 204 valence electrons. The van der Waals surface area contributed by atoms with E-state index >= 15 is 0 Å². The van der Waals surface area contributed by atoms with Gasteiger partial charge in [-0.1, -0.05) is 0 Å². The van der Waals surface area contributed by atoms with Crippen LogP contribution in [-0.4, -0.2) is 98.3 Å². The first-order chi connectivity index (χ1) is 18.4. The summed E-state index contributed by atoms with van der Waals surface area (Å²) in [4.78, 5) is 20.7. The van der Waals surface area contributed by atoms with Crippen molar-refractivity contribution in [2.45, 2.75) is 48.4 Å². The van der Waals surface area contributed by atoms with Crippen molar-refractivity contribution in [1.29, 1.82) is 0 Å². The number of amides is 2. The van der Waals surface area contributed by atoms with Crippen LogP contribution in [0.1, 0.15) is 48.8 Å². The zero-order valence-electron chi connectivity index (χ0n) is 22.2. The molecule has 1 saturated heterocycles. The summed E-state index contributed by atoms with van der Waals surface area (Å²) in [5, 5.41) is 6.54. The fourth-order valence-electron chi connectivity index (χ4n) is 5.57. The van der Waals surface area contributed by atoms with Crippen molar-refractivity contribution in [3.8, 4) is 0 Å². The number of alkyl halides is 2. The van der Waals surface area contributed by atoms with Crippen LogP contribution in [-0.2, 0) is 11.2 Å². The molecule has 38 heavy (non-hydrogen) atoms. The van der Waals surface area contributed by atoms with Gasteiger partial charge in [0, 0.05) is 0 Å². The van der Waals surface area contributed by atoms with Gasteiger partial charge in [0.1, 0.15) is 0 Å². The second-order valence-corrected chi connectivity index (χ2v) is 11.7. The number of nitrogens with two attached hydrogens (primary N) is 1. The Morgan fingerprint density at radius 1 is 1.26 bits per heavy atom. The predicted octanol–water partition coefficient (Wildman–Crippen LogP) is 2.94.